The Balaban J connectivity index is 2.34. The van der Waals surface area contributed by atoms with Gasteiger partial charge in [0.05, 0.1) is 16.6 Å². The van der Waals surface area contributed by atoms with Gasteiger partial charge in [0.25, 0.3) is 0 Å². The van der Waals surface area contributed by atoms with Crippen molar-refractivity contribution in [3.63, 3.8) is 0 Å². The number of rotatable bonds is 2. The van der Waals surface area contributed by atoms with Crippen LogP contribution in [0.5, 0.6) is 0 Å². The van der Waals surface area contributed by atoms with E-state index in [0.717, 1.165) is 16.1 Å². The highest BCUT2D eigenvalue weighted by molar-refractivity contribution is 7.05. The Hall–Kier alpha value is -1.26. The summed E-state index contributed by atoms with van der Waals surface area (Å²) in [5, 5.41) is 3.95. The molecule has 1 aromatic carbocycles. The molecule has 0 saturated heterocycles. The molecule has 0 amide bonds. The molecule has 2 aromatic rings. The fourth-order valence-electron chi connectivity index (χ4n) is 1.33. The summed E-state index contributed by atoms with van der Waals surface area (Å²) in [5.41, 5.74) is 8.11. The topological polar surface area (TPSA) is 51.8 Å². The molecule has 3 nitrogen and oxygen atoms in total. The van der Waals surface area contributed by atoms with E-state index in [9.17, 15) is 0 Å². The molecule has 0 aliphatic carbocycles. The number of hydrogen-bond donors (Lipinski definition) is 1. The van der Waals surface area contributed by atoms with E-state index >= 15 is 0 Å². The molecule has 14 heavy (non-hydrogen) atoms. The fourth-order valence-corrected chi connectivity index (χ4v) is 2.01. The number of aromatic nitrogens is 2. The lowest BCUT2D eigenvalue weighted by Gasteiger charge is -2.09. The second-order valence-corrected chi connectivity index (χ2v) is 3.90. The van der Waals surface area contributed by atoms with Gasteiger partial charge in [-0.05, 0) is 24.0 Å². The van der Waals surface area contributed by atoms with Crippen LogP contribution in [0, 0.1) is 6.92 Å². The van der Waals surface area contributed by atoms with Gasteiger partial charge in [-0.3, -0.25) is 0 Å². The predicted octanol–water partition coefficient (Wildman–Crippen LogP) is 1.89. The van der Waals surface area contributed by atoms with Gasteiger partial charge in [0.1, 0.15) is 0 Å². The van der Waals surface area contributed by atoms with Crippen molar-refractivity contribution in [3.8, 4) is 0 Å². The number of aryl methyl sites for hydroxylation is 1. The van der Waals surface area contributed by atoms with Gasteiger partial charge in [0.2, 0.25) is 0 Å². The largest absolute Gasteiger partial charge is 0.320 e. The van der Waals surface area contributed by atoms with Crippen LogP contribution in [-0.4, -0.2) is 9.59 Å². The van der Waals surface area contributed by atoms with Gasteiger partial charge in [0.15, 0.2) is 0 Å². The fraction of sp³-hybridized carbons (Fsp3) is 0.200. The SMILES string of the molecule is Cc1nnsc1C(N)c1ccccc1. The van der Waals surface area contributed by atoms with Crippen molar-refractivity contribution in [1.82, 2.24) is 9.59 Å². The smallest absolute Gasteiger partial charge is 0.0776 e. The second kappa shape index (κ2) is 3.86. The van der Waals surface area contributed by atoms with Crippen molar-refractivity contribution in [2.45, 2.75) is 13.0 Å². The Kier molecular flexibility index (Phi) is 2.56. The van der Waals surface area contributed by atoms with Crippen molar-refractivity contribution in [2.75, 3.05) is 0 Å². The van der Waals surface area contributed by atoms with Gasteiger partial charge < -0.3 is 5.73 Å². The highest BCUT2D eigenvalue weighted by Gasteiger charge is 2.13. The third kappa shape index (κ3) is 1.66. The molecule has 1 aromatic heterocycles. The summed E-state index contributed by atoms with van der Waals surface area (Å²) in [5.74, 6) is 0. The van der Waals surface area contributed by atoms with Crippen molar-refractivity contribution >= 4 is 11.5 Å². The van der Waals surface area contributed by atoms with Crippen LogP contribution in [-0.2, 0) is 0 Å². The average molecular weight is 205 g/mol. The van der Waals surface area contributed by atoms with E-state index in [-0.39, 0.29) is 6.04 Å². The first-order valence-electron chi connectivity index (χ1n) is 4.38. The first-order chi connectivity index (χ1) is 6.79. The van der Waals surface area contributed by atoms with Crippen LogP contribution in [0.2, 0.25) is 0 Å². The lowest BCUT2D eigenvalue weighted by molar-refractivity contribution is 0.874. The molecule has 1 atom stereocenters. The molecule has 2 N–H and O–H groups in total. The second-order valence-electron chi connectivity index (χ2n) is 3.11. The molecule has 4 heteroatoms. The predicted molar refractivity (Wildman–Crippen MR) is 57.1 cm³/mol. The van der Waals surface area contributed by atoms with E-state index in [1.807, 2.05) is 37.3 Å². The van der Waals surface area contributed by atoms with E-state index in [2.05, 4.69) is 9.59 Å². The van der Waals surface area contributed by atoms with Crippen LogP contribution >= 0.6 is 11.5 Å². The quantitative estimate of drug-likeness (QED) is 0.814. The molecule has 0 saturated carbocycles. The monoisotopic (exact) mass is 205 g/mol. The molecule has 0 spiro atoms. The van der Waals surface area contributed by atoms with Crippen LogP contribution in [0.15, 0.2) is 30.3 Å². The minimum atomic E-state index is -0.101. The molecular formula is C10H11N3S. The zero-order valence-corrected chi connectivity index (χ0v) is 8.66. The minimum absolute atomic E-state index is 0.101. The number of nitrogens with two attached hydrogens (primary N) is 1. The summed E-state index contributed by atoms with van der Waals surface area (Å²) in [6, 6.07) is 9.89. The Labute approximate surface area is 86.7 Å². The maximum absolute atomic E-state index is 6.09. The number of hydrogen-bond acceptors (Lipinski definition) is 4. The molecule has 0 fully saturated rings. The van der Waals surface area contributed by atoms with Crippen molar-refractivity contribution in [1.29, 1.82) is 0 Å². The van der Waals surface area contributed by atoms with Gasteiger partial charge in [-0.25, -0.2) is 0 Å². The molecule has 1 unspecified atom stereocenters. The zero-order chi connectivity index (χ0) is 9.97. The van der Waals surface area contributed by atoms with Crippen LogP contribution in [0.25, 0.3) is 0 Å². The first kappa shape index (κ1) is 9.30. The summed E-state index contributed by atoms with van der Waals surface area (Å²) in [6.45, 7) is 1.93. The molecule has 1 heterocycles. The summed E-state index contributed by atoms with van der Waals surface area (Å²) in [7, 11) is 0. The van der Waals surface area contributed by atoms with Crippen molar-refractivity contribution < 1.29 is 0 Å². The lowest BCUT2D eigenvalue weighted by atomic mass is 10.1. The summed E-state index contributed by atoms with van der Waals surface area (Å²) in [6.07, 6.45) is 0. The molecule has 0 radical (unpaired) electrons. The third-order valence-corrected chi connectivity index (χ3v) is 3.04. The minimum Gasteiger partial charge on any atom is -0.320 e. The summed E-state index contributed by atoms with van der Waals surface area (Å²) >= 11 is 1.37. The number of benzene rings is 1. The normalized spacial score (nSPS) is 12.7. The standard InChI is InChI=1S/C10H11N3S/c1-7-10(14-13-12-7)9(11)8-5-3-2-4-6-8/h2-6,9H,11H2,1H3. The third-order valence-electron chi connectivity index (χ3n) is 2.13. The van der Waals surface area contributed by atoms with Gasteiger partial charge >= 0.3 is 0 Å². The highest BCUT2D eigenvalue weighted by atomic mass is 32.1. The maximum Gasteiger partial charge on any atom is 0.0776 e. The summed E-state index contributed by atoms with van der Waals surface area (Å²) < 4.78 is 3.88. The van der Waals surface area contributed by atoms with E-state index in [1.54, 1.807) is 0 Å². The Morgan fingerprint density at radius 2 is 2.00 bits per heavy atom. The first-order valence-corrected chi connectivity index (χ1v) is 5.16. The molecular weight excluding hydrogens is 194 g/mol. The van der Waals surface area contributed by atoms with Crippen LogP contribution in [0.4, 0.5) is 0 Å². The highest BCUT2D eigenvalue weighted by Crippen LogP contribution is 2.23. The van der Waals surface area contributed by atoms with Crippen LogP contribution in [0.3, 0.4) is 0 Å². The van der Waals surface area contributed by atoms with Gasteiger partial charge in [-0.2, -0.15) is 0 Å². The summed E-state index contributed by atoms with van der Waals surface area (Å²) in [4.78, 5) is 1.04. The molecule has 72 valence electrons. The Bertz CT molecular complexity index is 410. The molecule has 2 rings (SSSR count). The van der Waals surface area contributed by atoms with E-state index in [4.69, 9.17) is 5.73 Å². The van der Waals surface area contributed by atoms with Crippen LogP contribution < -0.4 is 5.73 Å². The van der Waals surface area contributed by atoms with Crippen molar-refractivity contribution in [2.24, 2.45) is 5.73 Å². The van der Waals surface area contributed by atoms with E-state index < -0.39 is 0 Å². The zero-order valence-electron chi connectivity index (χ0n) is 7.84. The Morgan fingerprint density at radius 3 is 2.57 bits per heavy atom. The molecule has 0 bridgehead atoms. The Morgan fingerprint density at radius 1 is 1.29 bits per heavy atom. The van der Waals surface area contributed by atoms with E-state index in [1.165, 1.54) is 11.5 Å². The van der Waals surface area contributed by atoms with E-state index in [0.29, 0.717) is 0 Å². The molecule has 0 aliphatic heterocycles. The van der Waals surface area contributed by atoms with Gasteiger partial charge in [0, 0.05) is 0 Å². The van der Waals surface area contributed by atoms with Crippen molar-refractivity contribution in [3.05, 3.63) is 46.5 Å². The van der Waals surface area contributed by atoms with Gasteiger partial charge in [-0.15, -0.1) is 5.10 Å². The number of nitrogens with zero attached hydrogens (tertiary/aromatic N) is 2. The van der Waals surface area contributed by atoms with Crippen LogP contribution in [0.1, 0.15) is 22.2 Å². The average Bonchev–Trinajstić information content (AvgIpc) is 2.65. The lowest BCUT2D eigenvalue weighted by Crippen LogP contribution is -2.11. The van der Waals surface area contributed by atoms with Gasteiger partial charge in [-0.1, -0.05) is 34.8 Å². The molecule has 0 aliphatic rings. The maximum atomic E-state index is 6.09.